The maximum atomic E-state index is 12.9. The molecule has 0 bridgehead atoms. The first-order valence-electron chi connectivity index (χ1n) is 11.4. The van der Waals surface area contributed by atoms with E-state index in [1.807, 2.05) is 0 Å². The van der Waals surface area contributed by atoms with Crippen molar-refractivity contribution in [3.8, 4) is 0 Å². The molecule has 3 aromatic rings. The summed E-state index contributed by atoms with van der Waals surface area (Å²) in [6.45, 7) is 8.66. The Morgan fingerprint density at radius 3 is 2.58 bits per heavy atom. The van der Waals surface area contributed by atoms with Crippen molar-refractivity contribution < 1.29 is 19.1 Å². The monoisotopic (exact) mass is 560 g/mol. The zero-order chi connectivity index (χ0) is 28.1. The number of ether oxygens (including phenoxy) is 1. The van der Waals surface area contributed by atoms with Crippen LogP contribution in [0.4, 0.5) is 9.80 Å². The van der Waals surface area contributed by atoms with Gasteiger partial charge in [-0.25, -0.2) is 19.1 Å². The van der Waals surface area contributed by atoms with Crippen LogP contribution < -0.4 is 25.9 Å². The summed E-state index contributed by atoms with van der Waals surface area (Å²) in [4.78, 5) is 53.6. The lowest BCUT2D eigenvalue weighted by molar-refractivity contribution is -0.120. The number of ketones is 1. The van der Waals surface area contributed by atoms with E-state index in [2.05, 4.69) is 25.6 Å². The highest BCUT2D eigenvalue weighted by Crippen LogP contribution is 2.25. The van der Waals surface area contributed by atoms with Gasteiger partial charge in [0.1, 0.15) is 33.5 Å². The number of carbonyl (C=O) groups excluding carboxylic acids is 3. The summed E-state index contributed by atoms with van der Waals surface area (Å²) in [5, 5.41) is 14.5. The van der Waals surface area contributed by atoms with Gasteiger partial charge in [-0.1, -0.05) is 0 Å². The summed E-state index contributed by atoms with van der Waals surface area (Å²) in [6, 6.07) is 3.37. The molecule has 0 aliphatic rings. The molecule has 202 valence electrons. The summed E-state index contributed by atoms with van der Waals surface area (Å²) in [5.74, 6) is 5.10. The van der Waals surface area contributed by atoms with Gasteiger partial charge in [0, 0.05) is 23.9 Å². The number of thiophene rings is 1. The van der Waals surface area contributed by atoms with Gasteiger partial charge in [0.2, 0.25) is 0 Å². The number of nitrogen functional groups attached to an aromatic ring is 1. The Labute approximate surface area is 225 Å². The van der Waals surface area contributed by atoms with Crippen molar-refractivity contribution in [2.24, 2.45) is 10.2 Å². The third kappa shape index (κ3) is 7.52. The average molecular weight is 561 g/mol. The molecule has 13 nitrogen and oxygen atoms in total. The number of Topliss-reactive ketones (excluding diaryl/α,β-unsaturated/α-hetero) is 1. The van der Waals surface area contributed by atoms with Gasteiger partial charge in [0.25, 0.3) is 11.5 Å². The largest absolute Gasteiger partial charge is 0.444 e. The van der Waals surface area contributed by atoms with E-state index in [1.165, 1.54) is 34.7 Å². The van der Waals surface area contributed by atoms with Crippen molar-refractivity contribution in [3.63, 3.8) is 0 Å². The summed E-state index contributed by atoms with van der Waals surface area (Å²) in [7, 11) is 0. The lowest BCUT2D eigenvalue weighted by Crippen LogP contribution is -2.39. The molecule has 0 aliphatic heterocycles. The first-order chi connectivity index (χ1) is 17.8. The molecule has 0 spiro atoms. The second kappa shape index (κ2) is 11.6. The third-order valence-corrected chi connectivity index (χ3v) is 6.84. The topological polar surface area (TPSA) is 176 Å². The Kier molecular flexibility index (Phi) is 8.73. The minimum atomic E-state index is -1.02. The number of hydrogen-bond acceptors (Lipinski definition) is 11. The summed E-state index contributed by atoms with van der Waals surface area (Å²) >= 11 is 2.28. The standard InChI is InChI=1S/C23H28N8O5S2/c1-22(2,3)36-21(35)26-9-8-17(33)28-29-18-7-6-14(37-18)10-15-20(34)31(24)19(38-15)11-16(32)23(4,5)30-13-25-12-27-30/h6-7,10-13H,8-9,24H2,1-5H3,(H,26,35)/b15-10-,19-11+,29-28?. The van der Waals surface area contributed by atoms with E-state index in [1.54, 1.807) is 52.8 Å². The van der Waals surface area contributed by atoms with Gasteiger partial charge in [-0.3, -0.25) is 14.4 Å². The Balaban J connectivity index is 1.68. The van der Waals surface area contributed by atoms with Gasteiger partial charge in [-0.2, -0.15) is 5.10 Å². The lowest BCUT2D eigenvalue weighted by atomic mass is 10.00. The number of nitrogens with zero attached hydrogens (tertiary/aromatic N) is 6. The molecular weight excluding hydrogens is 532 g/mol. The maximum Gasteiger partial charge on any atom is 0.407 e. The Bertz CT molecular complexity index is 1520. The number of alkyl carbamates (subject to hydrolysis) is 1. The van der Waals surface area contributed by atoms with Crippen molar-refractivity contribution >= 4 is 57.6 Å². The number of hydrogen-bond donors (Lipinski definition) is 2. The van der Waals surface area contributed by atoms with E-state index >= 15 is 0 Å². The fourth-order valence-electron chi connectivity index (χ4n) is 2.86. The number of amides is 2. The second-order valence-electron chi connectivity index (χ2n) is 9.48. The SMILES string of the molecule is CC(C)(C)OC(=O)NCCC(=O)N=Nc1ccc(/C=c2\s/c(=C/C(=O)C(C)(C)n3cncn3)n(N)c2=O)s1. The van der Waals surface area contributed by atoms with Crippen LogP contribution in [0.1, 0.15) is 45.9 Å². The van der Waals surface area contributed by atoms with Gasteiger partial charge in [0.05, 0.1) is 4.53 Å². The Morgan fingerprint density at radius 1 is 1.18 bits per heavy atom. The Hall–Kier alpha value is -3.98. The molecule has 0 unspecified atom stereocenters. The van der Waals surface area contributed by atoms with Gasteiger partial charge >= 0.3 is 6.09 Å². The van der Waals surface area contributed by atoms with Crippen LogP contribution in [-0.4, -0.2) is 49.4 Å². The van der Waals surface area contributed by atoms with E-state index in [4.69, 9.17) is 10.6 Å². The van der Waals surface area contributed by atoms with Crippen LogP contribution in [0.3, 0.4) is 0 Å². The van der Waals surface area contributed by atoms with Crippen molar-refractivity contribution in [2.75, 3.05) is 12.4 Å². The van der Waals surface area contributed by atoms with E-state index in [0.717, 1.165) is 16.0 Å². The van der Waals surface area contributed by atoms with Crippen molar-refractivity contribution in [1.82, 2.24) is 24.8 Å². The number of thiazole rings is 1. The number of rotatable bonds is 8. The molecule has 15 heteroatoms. The zero-order valence-corrected chi connectivity index (χ0v) is 23.1. The fourth-order valence-corrected chi connectivity index (χ4v) is 4.65. The van der Waals surface area contributed by atoms with Crippen LogP contribution in [0.5, 0.6) is 0 Å². The predicted molar refractivity (Wildman–Crippen MR) is 143 cm³/mol. The summed E-state index contributed by atoms with van der Waals surface area (Å²) in [6.07, 6.45) is 5.05. The second-order valence-corrected chi connectivity index (χ2v) is 11.6. The maximum absolute atomic E-state index is 12.9. The average Bonchev–Trinajstić information content (AvgIpc) is 3.56. The van der Waals surface area contributed by atoms with E-state index in [-0.39, 0.29) is 23.4 Å². The van der Waals surface area contributed by atoms with E-state index in [0.29, 0.717) is 14.4 Å². The van der Waals surface area contributed by atoms with Gasteiger partial charge in [-0.15, -0.1) is 32.9 Å². The smallest absolute Gasteiger partial charge is 0.407 e. The molecule has 0 aromatic carbocycles. The zero-order valence-electron chi connectivity index (χ0n) is 21.5. The van der Waals surface area contributed by atoms with Gasteiger partial charge in [-0.05, 0) is 52.8 Å². The summed E-state index contributed by atoms with van der Waals surface area (Å²) in [5.41, 5.74) is -2.11. The fraction of sp³-hybridized carbons (Fsp3) is 0.391. The molecule has 3 rings (SSSR count). The first-order valence-corrected chi connectivity index (χ1v) is 13.0. The molecule has 0 atom stereocenters. The van der Waals surface area contributed by atoms with Crippen LogP contribution in [0.15, 0.2) is 39.8 Å². The Morgan fingerprint density at radius 2 is 1.92 bits per heavy atom. The number of azo groups is 1. The highest BCUT2D eigenvalue weighted by atomic mass is 32.1. The van der Waals surface area contributed by atoms with Crippen molar-refractivity contribution in [3.05, 3.63) is 49.2 Å². The highest BCUT2D eigenvalue weighted by Gasteiger charge is 2.29. The first kappa shape index (κ1) is 28.6. The van der Waals surface area contributed by atoms with Gasteiger partial charge < -0.3 is 15.9 Å². The van der Waals surface area contributed by atoms with E-state index in [9.17, 15) is 19.2 Å². The molecule has 0 fully saturated rings. The van der Waals surface area contributed by atoms with Crippen LogP contribution in [0, 0.1) is 0 Å². The molecule has 3 N–H and O–H groups in total. The normalized spacial score (nSPS) is 13.3. The molecule has 0 saturated heterocycles. The van der Waals surface area contributed by atoms with Crippen LogP contribution in [0.2, 0.25) is 0 Å². The highest BCUT2D eigenvalue weighted by molar-refractivity contribution is 7.16. The number of nitrogens with two attached hydrogens (primary N) is 1. The number of aromatic nitrogens is 4. The lowest BCUT2D eigenvalue weighted by Gasteiger charge is -2.20. The summed E-state index contributed by atoms with van der Waals surface area (Å²) < 4.78 is 8.04. The molecule has 0 aliphatic carbocycles. The van der Waals surface area contributed by atoms with E-state index < -0.39 is 28.7 Å². The number of carbonyl (C=O) groups is 3. The quantitative estimate of drug-likeness (QED) is 0.307. The van der Waals surface area contributed by atoms with Crippen LogP contribution in [-0.2, 0) is 19.9 Å². The van der Waals surface area contributed by atoms with Gasteiger partial charge in [0.15, 0.2) is 5.78 Å². The van der Waals surface area contributed by atoms with Crippen molar-refractivity contribution in [1.29, 1.82) is 0 Å². The van der Waals surface area contributed by atoms with Crippen LogP contribution >= 0.6 is 22.7 Å². The number of nitrogens with one attached hydrogen (secondary N) is 1. The third-order valence-electron chi connectivity index (χ3n) is 4.88. The molecule has 2 amide bonds. The minimum Gasteiger partial charge on any atom is -0.444 e. The molecule has 0 saturated carbocycles. The van der Waals surface area contributed by atoms with Crippen LogP contribution in [0.25, 0.3) is 12.2 Å². The molecule has 38 heavy (non-hydrogen) atoms. The molecule has 3 heterocycles. The molecule has 3 aromatic heterocycles. The molecule has 0 radical (unpaired) electrons. The van der Waals surface area contributed by atoms with Crippen molar-refractivity contribution in [2.45, 2.75) is 52.2 Å². The predicted octanol–water partition coefficient (Wildman–Crippen LogP) is 1.42. The minimum absolute atomic E-state index is 0.0376. The molecular formula is C23H28N8O5S2.